The molecule has 4 N–H and O–H groups in total. The molecule has 6 nitrogen and oxygen atoms in total. The number of nitrogens with zero attached hydrogens (tertiary/aromatic N) is 2. The van der Waals surface area contributed by atoms with Crippen molar-refractivity contribution in [2.45, 2.75) is 70.6 Å². The van der Waals surface area contributed by atoms with Crippen LogP contribution in [-0.4, -0.2) is 48.2 Å². The minimum absolute atomic E-state index is 0.0693. The van der Waals surface area contributed by atoms with Crippen LogP contribution in [0, 0.1) is 5.41 Å². The maximum Gasteiger partial charge on any atom is 0.416 e. The standard InChI is InChI=1S/C22H31F4N5O/c1-21(2,3)11-15(18(27)32)30-19-17(23)20(29-12-28-19)31-10-4-5-16(31)13-6-8-14(9-7-13)22(24,25)26/h6-9,15-17,20,29H,4-5,10-12H2,1-3H3,(H2,27,32)(H,28,30)/t15-,16?,17?,20?/m1/s1. The van der Waals surface area contributed by atoms with Crippen LogP contribution < -0.4 is 16.4 Å². The van der Waals surface area contributed by atoms with Crippen molar-refractivity contribution >= 4 is 11.7 Å². The fraction of sp³-hybridized carbons (Fsp3) is 0.636. The fourth-order valence-corrected chi connectivity index (χ4v) is 4.36. The number of amides is 1. The van der Waals surface area contributed by atoms with E-state index in [1.54, 1.807) is 0 Å². The highest BCUT2D eigenvalue weighted by atomic mass is 19.4. The molecule has 1 amide bonds. The summed E-state index contributed by atoms with van der Waals surface area (Å²) in [7, 11) is 0. The number of nitrogens with two attached hydrogens (primary N) is 1. The number of rotatable bonds is 5. The lowest BCUT2D eigenvalue weighted by Crippen LogP contribution is -2.61. The van der Waals surface area contributed by atoms with E-state index in [1.165, 1.54) is 12.1 Å². The first-order valence-corrected chi connectivity index (χ1v) is 10.8. The number of likely N-dealkylation sites (tertiary alicyclic amines) is 1. The van der Waals surface area contributed by atoms with E-state index in [1.807, 2.05) is 25.7 Å². The zero-order valence-corrected chi connectivity index (χ0v) is 18.5. The lowest BCUT2D eigenvalue weighted by molar-refractivity contribution is -0.137. The second-order valence-corrected chi connectivity index (χ2v) is 9.63. The van der Waals surface area contributed by atoms with Crippen molar-refractivity contribution in [3.05, 3.63) is 35.4 Å². The highest BCUT2D eigenvalue weighted by Gasteiger charge is 2.41. The molecule has 2 aliphatic rings. The van der Waals surface area contributed by atoms with Crippen LogP contribution in [0.1, 0.15) is 57.2 Å². The summed E-state index contributed by atoms with van der Waals surface area (Å²) >= 11 is 0. The molecule has 4 atom stereocenters. The van der Waals surface area contributed by atoms with Gasteiger partial charge >= 0.3 is 6.18 Å². The zero-order valence-electron chi connectivity index (χ0n) is 18.5. The molecule has 1 saturated heterocycles. The molecule has 0 bridgehead atoms. The smallest absolute Gasteiger partial charge is 0.368 e. The van der Waals surface area contributed by atoms with Gasteiger partial charge in [0.1, 0.15) is 18.0 Å². The number of aliphatic imine (C=N–C) groups is 1. The second-order valence-electron chi connectivity index (χ2n) is 9.63. The van der Waals surface area contributed by atoms with Crippen LogP contribution in [0.15, 0.2) is 29.3 Å². The number of halogens is 4. The molecule has 0 aliphatic carbocycles. The van der Waals surface area contributed by atoms with E-state index >= 15 is 4.39 Å². The number of carbonyl (C=O) groups is 1. The van der Waals surface area contributed by atoms with Crippen LogP contribution in [0.3, 0.4) is 0 Å². The summed E-state index contributed by atoms with van der Waals surface area (Å²) < 4.78 is 54.2. The van der Waals surface area contributed by atoms with Gasteiger partial charge in [-0.1, -0.05) is 32.9 Å². The van der Waals surface area contributed by atoms with Crippen molar-refractivity contribution in [3.8, 4) is 0 Å². The Balaban J connectivity index is 1.74. The minimum atomic E-state index is -4.40. The normalized spacial score (nSPS) is 26.0. The van der Waals surface area contributed by atoms with Crippen molar-refractivity contribution < 1.29 is 22.4 Å². The van der Waals surface area contributed by atoms with E-state index in [0.717, 1.165) is 18.6 Å². The molecule has 10 heteroatoms. The molecular formula is C22H31F4N5O. The van der Waals surface area contributed by atoms with E-state index in [9.17, 15) is 18.0 Å². The molecule has 0 aromatic heterocycles. The molecule has 1 aromatic rings. The zero-order chi connectivity index (χ0) is 23.7. The molecule has 2 heterocycles. The maximum absolute atomic E-state index is 15.5. The number of nitrogens with one attached hydrogen (secondary N) is 2. The van der Waals surface area contributed by atoms with Crippen molar-refractivity contribution in [2.24, 2.45) is 16.1 Å². The van der Waals surface area contributed by atoms with Crippen molar-refractivity contribution in [1.82, 2.24) is 15.5 Å². The van der Waals surface area contributed by atoms with E-state index in [-0.39, 0.29) is 24.0 Å². The summed E-state index contributed by atoms with van der Waals surface area (Å²) in [5.41, 5.74) is 5.32. The molecule has 178 valence electrons. The Bertz CT molecular complexity index is 834. The van der Waals surface area contributed by atoms with Gasteiger partial charge in [-0.2, -0.15) is 13.2 Å². The molecule has 0 radical (unpaired) electrons. The average molecular weight is 458 g/mol. The fourth-order valence-electron chi connectivity index (χ4n) is 4.36. The van der Waals surface area contributed by atoms with Gasteiger partial charge in [0, 0.05) is 12.6 Å². The Morgan fingerprint density at radius 3 is 2.50 bits per heavy atom. The van der Waals surface area contributed by atoms with E-state index in [0.29, 0.717) is 24.9 Å². The van der Waals surface area contributed by atoms with Gasteiger partial charge in [0.2, 0.25) is 5.91 Å². The third kappa shape index (κ3) is 5.78. The summed E-state index contributed by atoms with van der Waals surface area (Å²) in [5.74, 6) is -0.506. The molecule has 1 aromatic carbocycles. The van der Waals surface area contributed by atoms with E-state index in [2.05, 4.69) is 15.6 Å². The number of hydrogen-bond donors (Lipinski definition) is 3. The summed E-state index contributed by atoms with van der Waals surface area (Å²) in [6.07, 6.45) is -4.73. The Hall–Kier alpha value is -2.20. The first kappa shape index (κ1) is 24.4. The van der Waals surface area contributed by atoms with Gasteiger partial charge in [0.15, 0.2) is 6.17 Å². The van der Waals surface area contributed by atoms with Gasteiger partial charge in [-0.05, 0) is 42.4 Å². The van der Waals surface area contributed by atoms with E-state index in [4.69, 9.17) is 5.73 Å². The molecule has 32 heavy (non-hydrogen) atoms. The molecule has 0 spiro atoms. The van der Waals surface area contributed by atoms with Gasteiger partial charge in [0.05, 0.1) is 12.2 Å². The molecule has 3 unspecified atom stereocenters. The topological polar surface area (TPSA) is 82.8 Å². The predicted molar refractivity (Wildman–Crippen MR) is 114 cm³/mol. The summed E-state index contributed by atoms with van der Waals surface area (Å²) in [6.45, 7) is 6.64. The van der Waals surface area contributed by atoms with Gasteiger partial charge in [0.25, 0.3) is 0 Å². The summed E-state index contributed by atoms with van der Waals surface area (Å²) in [4.78, 5) is 18.0. The third-order valence-corrected chi connectivity index (χ3v) is 5.84. The lowest BCUT2D eigenvalue weighted by Gasteiger charge is -2.39. The van der Waals surface area contributed by atoms with Crippen LogP contribution in [0.5, 0.6) is 0 Å². The predicted octanol–water partition coefficient (Wildman–Crippen LogP) is 3.35. The number of hydrogen-bond acceptors (Lipinski definition) is 5. The Labute approximate surface area is 185 Å². The van der Waals surface area contributed by atoms with Crippen LogP contribution >= 0.6 is 0 Å². The second kappa shape index (κ2) is 9.35. The van der Waals surface area contributed by atoms with Crippen LogP contribution in [0.25, 0.3) is 0 Å². The van der Waals surface area contributed by atoms with E-state index < -0.39 is 36.0 Å². The van der Waals surface area contributed by atoms with Gasteiger partial charge in [-0.15, -0.1) is 0 Å². The highest BCUT2D eigenvalue weighted by Crippen LogP contribution is 2.36. The number of amidine groups is 1. The first-order chi connectivity index (χ1) is 14.9. The summed E-state index contributed by atoms with van der Waals surface area (Å²) in [6, 6.07) is 4.07. The van der Waals surface area contributed by atoms with Gasteiger partial charge in [-0.25, -0.2) is 4.39 Å². The Morgan fingerprint density at radius 2 is 1.94 bits per heavy atom. The van der Waals surface area contributed by atoms with Crippen LogP contribution in [0.2, 0.25) is 0 Å². The average Bonchev–Trinajstić information content (AvgIpc) is 3.17. The molecule has 0 saturated carbocycles. The molecular weight excluding hydrogens is 426 g/mol. The monoisotopic (exact) mass is 457 g/mol. The summed E-state index contributed by atoms with van der Waals surface area (Å²) in [5, 5.41) is 5.96. The van der Waals surface area contributed by atoms with Crippen LogP contribution in [0.4, 0.5) is 17.6 Å². The number of carbonyl (C=O) groups excluding carboxylic acids is 1. The SMILES string of the molecule is CC(C)(C)C[C@@H](NC1=NCNC(N2CCCC2c2ccc(C(F)(F)F)cc2)C1F)C(N)=O. The minimum Gasteiger partial charge on any atom is -0.368 e. The van der Waals surface area contributed by atoms with Crippen molar-refractivity contribution in [1.29, 1.82) is 0 Å². The molecule has 2 aliphatic heterocycles. The molecule has 1 fully saturated rings. The quantitative estimate of drug-likeness (QED) is 0.593. The number of benzene rings is 1. The van der Waals surface area contributed by atoms with Gasteiger partial charge < -0.3 is 11.1 Å². The Morgan fingerprint density at radius 1 is 1.28 bits per heavy atom. The lowest BCUT2D eigenvalue weighted by atomic mass is 9.87. The molecule has 3 rings (SSSR count). The van der Waals surface area contributed by atoms with Crippen molar-refractivity contribution in [2.75, 3.05) is 13.2 Å². The largest absolute Gasteiger partial charge is 0.416 e. The Kier molecular flexibility index (Phi) is 7.14. The van der Waals surface area contributed by atoms with Crippen molar-refractivity contribution in [3.63, 3.8) is 0 Å². The van der Waals surface area contributed by atoms with Gasteiger partial charge in [-0.3, -0.25) is 20.0 Å². The first-order valence-electron chi connectivity index (χ1n) is 10.8. The number of primary amides is 1. The third-order valence-electron chi connectivity index (χ3n) is 5.84. The highest BCUT2D eigenvalue weighted by molar-refractivity contribution is 5.92. The number of alkyl halides is 4. The maximum atomic E-state index is 15.5. The van der Waals surface area contributed by atoms with Crippen LogP contribution in [-0.2, 0) is 11.0 Å².